The van der Waals surface area contributed by atoms with Crippen LogP contribution in [0.4, 0.5) is 4.39 Å². The van der Waals surface area contributed by atoms with Crippen molar-refractivity contribution in [2.45, 2.75) is 6.04 Å². The van der Waals surface area contributed by atoms with E-state index < -0.39 is 0 Å². The normalized spacial score (nSPS) is 13.3. The molecule has 0 fully saturated rings. The summed E-state index contributed by atoms with van der Waals surface area (Å²) in [6.07, 6.45) is 0. The summed E-state index contributed by atoms with van der Waals surface area (Å²) < 4.78 is 13.0. The summed E-state index contributed by atoms with van der Waals surface area (Å²) in [5, 5.41) is 0.403. The van der Waals surface area contributed by atoms with Crippen LogP contribution in [0.3, 0.4) is 0 Å². The van der Waals surface area contributed by atoms with Gasteiger partial charge in [0.05, 0.1) is 0 Å². The highest BCUT2D eigenvalue weighted by atomic mass is 35.5. The van der Waals surface area contributed by atoms with Crippen LogP contribution in [0, 0.1) is 5.82 Å². The first-order valence-corrected chi connectivity index (χ1v) is 4.75. The number of nitrogens with zero attached hydrogens (tertiary/aromatic N) is 1. The number of rotatable bonds is 3. The molecule has 0 radical (unpaired) electrons. The Morgan fingerprint density at radius 2 is 2.07 bits per heavy atom. The molecule has 0 saturated heterocycles. The van der Waals surface area contributed by atoms with Crippen LogP contribution in [0.1, 0.15) is 11.6 Å². The van der Waals surface area contributed by atoms with Gasteiger partial charge in [-0.1, -0.05) is 11.6 Å². The molecule has 0 amide bonds. The van der Waals surface area contributed by atoms with Crippen LogP contribution in [-0.4, -0.2) is 25.5 Å². The van der Waals surface area contributed by atoms with E-state index in [0.29, 0.717) is 11.6 Å². The summed E-state index contributed by atoms with van der Waals surface area (Å²) in [5.74, 6) is -0.326. The number of likely N-dealkylation sites (N-methyl/N-ethyl adjacent to an activating group) is 1. The quantitative estimate of drug-likeness (QED) is 0.838. The Kier molecular flexibility index (Phi) is 3.86. The smallest absolute Gasteiger partial charge is 0.125 e. The van der Waals surface area contributed by atoms with Crippen LogP contribution in [0.5, 0.6) is 0 Å². The molecule has 0 spiro atoms. The summed E-state index contributed by atoms with van der Waals surface area (Å²) in [6, 6.07) is 4.49. The predicted molar refractivity (Wildman–Crippen MR) is 56.9 cm³/mol. The first-order valence-electron chi connectivity index (χ1n) is 4.37. The van der Waals surface area contributed by atoms with E-state index in [-0.39, 0.29) is 11.9 Å². The molecular formula is C10H14ClFN2. The van der Waals surface area contributed by atoms with Crippen LogP contribution >= 0.6 is 11.6 Å². The second-order valence-electron chi connectivity index (χ2n) is 3.42. The van der Waals surface area contributed by atoms with Crippen molar-refractivity contribution < 1.29 is 4.39 Å². The van der Waals surface area contributed by atoms with Gasteiger partial charge in [0.25, 0.3) is 0 Å². The number of halogens is 2. The molecule has 2 nitrogen and oxygen atoms in total. The highest BCUT2D eigenvalue weighted by Gasteiger charge is 2.13. The summed E-state index contributed by atoms with van der Waals surface area (Å²) in [5.41, 5.74) is 6.41. The number of nitrogens with two attached hydrogens (primary N) is 1. The number of hydrogen-bond acceptors (Lipinski definition) is 2. The van der Waals surface area contributed by atoms with Crippen LogP contribution in [0.15, 0.2) is 18.2 Å². The largest absolute Gasteiger partial charge is 0.329 e. The SMILES string of the molecule is CN(C)C(CN)c1cc(F)cc(Cl)c1. The molecule has 0 aliphatic carbocycles. The Morgan fingerprint density at radius 1 is 1.43 bits per heavy atom. The lowest BCUT2D eigenvalue weighted by molar-refractivity contribution is 0.305. The second kappa shape index (κ2) is 4.73. The van der Waals surface area contributed by atoms with Gasteiger partial charge in [0.2, 0.25) is 0 Å². The van der Waals surface area contributed by atoms with E-state index in [1.165, 1.54) is 12.1 Å². The van der Waals surface area contributed by atoms with Crippen molar-refractivity contribution in [3.63, 3.8) is 0 Å². The fourth-order valence-electron chi connectivity index (χ4n) is 1.41. The third kappa shape index (κ3) is 2.67. The van der Waals surface area contributed by atoms with E-state index in [9.17, 15) is 4.39 Å². The van der Waals surface area contributed by atoms with E-state index in [1.807, 2.05) is 19.0 Å². The lowest BCUT2D eigenvalue weighted by Crippen LogP contribution is -2.27. The molecular weight excluding hydrogens is 203 g/mol. The van der Waals surface area contributed by atoms with Crippen molar-refractivity contribution >= 4 is 11.6 Å². The van der Waals surface area contributed by atoms with Gasteiger partial charge in [-0.2, -0.15) is 0 Å². The van der Waals surface area contributed by atoms with Gasteiger partial charge in [0.1, 0.15) is 5.82 Å². The molecule has 0 aliphatic rings. The Hall–Kier alpha value is -0.640. The molecule has 0 heterocycles. The third-order valence-electron chi connectivity index (χ3n) is 2.12. The average Bonchev–Trinajstić information content (AvgIpc) is 2.02. The zero-order valence-corrected chi connectivity index (χ0v) is 9.05. The fourth-order valence-corrected chi connectivity index (χ4v) is 1.64. The summed E-state index contributed by atoms with van der Waals surface area (Å²) in [6.45, 7) is 0.437. The van der Waals surface area contributed by atoms with Gasteiger partial charge in [-0.3, -0.25) is 0 Å². The number of benzene rings is 1. The zero-order chi connectivity index (χ0) is 10.7. The van der Waals surface area contributed by atoms with Crippen molar-refractivity contribution in [1.82, 2.24) is 4.90 Å². The standard InChI is InChI=1S/C10H14ClFN2/c1-14(2)10(6-13)7-3-8(11)5-9(12)4-7/h3-5,10H,6,13H2,1-2H3. The summed E-state index contributed by atoms with van der Waals surface area (Å²) in [4.78, 5) is 1.94. The monoisotopic (exact) mass is 216 g/mol. The molecule has 14 heavy (non-hydrogen) atoms. The molecule has 78 valence electrons. The maximum atomic E-state index is 13.0. The topological polar surface area (TPSA) is 29.3 Å². The van der Waals surface area contributed by atoms with Gasteiger partial charge in [0.15, 0.2) is 0 Å². The minimum Gasteiger partial charge on any atom is -0.329 e. The molecule has 0 saturated carbocycles. The van der Waals surface area contributed by atoms with Crippen molar-refractivity contribution in [3.8, 4) is 0 Å². The Morgan fingerprint density at radius 3 is 2.50 bits per heavy atom. The Bertz CT molecular complexity index is 295. The maximum Gasteiger partial charge on any atom is 0.125 e. The van der Waals surface area contributed by atoms with Crippen LogP contribution in [0.25, 0.3) is 0 Å². The highest BCUT2D eigenvalue weighted by Crippen LogP contribution is 2.22. The van der Waals surface area contributed by atoms with E-state index in [0.717, 1.165) is 5.56 Å². The van der Waals surface area contributed by atoms with E-state index >= 15 is 0 Å². The number of hydrogen-bond donors (Lipinski definition) is 1. The Labute approximate surface area is 88.5 Å². The molecule has 0 bridgehead atoms. The maximum absolute atomic E-state index is 13.0. The van der Waals surface area contributed by atoms with Crippen molar-refractivity contribution in [3.05, 3.63) is 34.6 Å². The van der Waals surface area contributed by atoms with Gasteiger partial charge in [-0.25, -0.2) is 4.39 Å². The molecule has 2 N–H and O–H groups in total. The van der Waals surface area contributed by atoms with Gasteiger partial charge < -0.3 is 10.6 Å². The van der Waals surface area contributed by atoms with Gasteiger partial charge in [-0.15, -0.1) is 0 Å². The molecule has 0 aliphatic heterocycles. The third-order valence-corrected chi connectivity index (χ3v) is 2.33. The summed E-state index contributed by atoms with van der Waals surface area (Å²) in [7, 11) is 3.80. The van der Waals surface area contributed by atoms with E-state index in [1.54, 1.807) is 6.07 Å². The average molecular weight is 217 g/mol. The molecule has 1 rings (SSSR count). The first kappa shape index (κ1) is 11.4. The molecule has 1 atom stereocenters. The van der Waals surface area contributed by atoms with Crippen LogP contribution < -0.4 is 5.73 Å². The first-order chi connectivity index (χ1) is 6.54. The predicted octanol–water partition coefficient (Wildman–Crippen LogP) is 2.04. The van der Waals surface area contributed by atoms with Crippen molar-refractivity contribution in [2.24, 2.45) is 5.73 Å². The van der Waals surface area contributed by atoms with E-state index in [4.69, 9.17) is 17.3 Å². The van der Waals surface area contributed by atoms with E-state index in [2.05, 4.69) is 0 Å². The highest BCUT2D eigenvalue weighted by molar-refractivity contribution is 6.30. The Balaban J connectivity index is 3.04. The van der Waals surface area contributed by atoms with Crippen molar-refractivity contribution in [1.29, 1.82) is 0 Å². The van der Waals surface area contributed by atoms with Crippen LogP contribution in [0.2, 0.25) is 5.02 Å². The molecule has 4 heteroatoms. The lowest BCUT2D eigenvalue weighted by Gasteiger charge is -2.23. The minimum atomic E-state index is -0.326. The van der Waals surface area contributed by atoms with Crippen molar-refractivity contribution in [2.75, 3.05) is 20.6 Å². The van der Waals surface area contributed by atoms with Gasteiger partial charge in [-0.05, 0) is 37.9 Å². The van der Waals surface area contributed by atoms with Crippen LogP contribution in [-0.2, 0) is 0 Å². The second-order valence-corrected chi connectivity index (χ2v) is 3.85. The molecule has 0 aromatic heterocycles. The zero-order valence-electron chi connectivity index (χ0n) is 8.30. The summed E-state index contributed by atoms with van der Waals surface area (Å²) >= 11 is 5.76. The molecule has 1 aromatic rings. The molecule has 1 unspecified atom stereocenters. The van der Waals surface area contributed by atoms with Gasteiger partial charge >= 0.3 is 0 Å². The fraction of sp³-hybridized carbons (Fsp3) is 0.400. The minimum absolute atomic E-state index is 0.00296. The lowest BCUT2D eigenvalue weighted by atomic mass is 10.1. The van der Waals surface area contributed by atoms with Gasteiger partial charge in [0, 0.05) is 17.6 Å². The molecule has 1 aromatic carbocycles.